The number of carbonyl (C=O) groups is 2. The number of rotatable bonds is 6. The van der Waals surface area contributed by atoms with Gasteiger partial charge in [0, 0.05) is 28.2 Å². The van der Waals surface area contributed by atoms with E-state index in [1.54, 1.807) is 24.3 Å². The molecule has 10 heteroatoms. The fraction of sp³-hybridized carbons (Fsp3) is 0.130. The molecule has 4 aromatic rings. The predicted molar refractivity (Wildman–Crippen MR) is 127 cm³/mol. The van der Waals surface area contributed by atoms with Crippen LogP contribution in [-0.2, 0) is 6.42 Å². The second-order valence-corrected chi connectivity index (χ2v) is 8.57. The van der Waals surface area contributed by atoms with E-state index in [4.69, 9.17) is 11.6 Å². The first kappa shape index (κ1) is 22.6. The van der Waals surface area contributed by atoms with Gasteiger partial charge < -0.3 is 10.6 Å². The number of hydrogen-bond donors (Lipinski definition) is 2. The average Bonchev–Trinajstić information content (AvgIpc) is 3.17. The van der Waals surface area contributed by atoms with Crippen LogP contribution in [0.5, 0.6) is 0 Å². The summed E-state index contributed by atoms with van der Waals surface area (Å²) in [6.45, 7) is 1.96. The molecule has 0 saturated carbocycles. The molecule has 2 aromatic carbocycles. The zero-order chi connectivity index (χ0) is 23.5. The van der Waals surface area contributed by atoms with Crippen LogP contribution in [0.25, 0.3) is 4.96 Å². The van der Waals surface area contributed by atoms with Gasteiger partial charge in [0.2, 0.25) is 0 Å². The number of anilines is 2. The van der Waals surface area contributed by atoms with Gasteiger partial charge in [-0.15, -0.1) is 0 Å². The molecule has 7 nitrogen and oxygen atoms in total. The van der Waals surface area contributed by atoms with Gasteiger partial charge in [-0.1, -0.05) is 36.3 Å². The molecule has 0 aliphatic heterocycles. The van der Waals surface area contributed by atoms with Gasteiger partial charge in [0.1, 0.15) is 16.4 Å². The minimum atomic E-state index is -0.653. The molecule has 4 rings (SSSR count). The number of benzene rings is 2. The van der Waals surface area contributed by atoms with E-state index in [0.29, 0.717) is 28.5 Å². The molecule has 0 unspecified atom stereocenters. The highest BCUT2D eigenvalue weighted by atomic mass is 35.5. The smallest absolute Gasteiger partial charge is 0.274 e. The van der Waals surface area contributed by atoms with Crippen LogP contribution < -0.4 is 16.2 Å². The fourth-order valence-corrected chi connectivity index (χ4v) is 4.38. The van der Waals surface area contributed by atoms with Crippen LogP contribution in [0, 0.1) is 5.82 Å². The Morgan fingerprint density at radius 1 is 1.03 bits per heavy atom. The largest absolute Gasteiger partial charge is 0.321 e. The van der Waals surface area contributed by atoms with Gasteiger partial charge in [0.05, 0.1) is 0 Å². The first-order valence-electron chi connectivity index (χ1n) is 10.0. The Labute approximate surface area is 196 Å². The molecule has 2 amide bonds. The van der Waals surface area contributed by atoms with Gasteiger partial charge >= 0.3 is 0 Å². The number of amides is 2. The quantitative estimate of drug-likeness (QED) is 0.402. The monoisotopic (exact) mass is 484 g/mol. The van der Waals surface area contributed by atoms with Crippen LogP contribution in [0.4, 0.5) is 15.8 Å². The summed E-state index contributed by atoms with van der Waals surface area (Å²) in [6, 6.07) is 13.0. The predicted octanol–water partition coefficient (Wildman–Crippen LogP) is 5.01. The number of aryl methyl sites for hydroxylation is 1. The molecular weight excluding hydrogens is 467 g/mol. The maximum absolute atomic E-state index is 13.2. The minimum absolute atomic E-state index is 0.00374. The van der Waals surface area contributed by atoms with E-state index in [2.05, 4.69) is 15.6 Å². The van der Waals surface area contributed by atoms with E-state index in [1.807, 2.05) is 6.92 Å². The van der Waals surface area contributed by atoms with Crippen LogP contribution in [0.1, 0.15) is 39.2 Å². The van der Waals surface area contributed by atoms with Crippen LogP contribution in [0.15, 0.2) is 59.4 Å². The molecule has 0 aliphatic carbocycles. The van der Waals surface area contributed by atoms with E-state index in [9.17, 15) is 18.8 Å². The summed E-state index contributed by atoms with van der Waals surface area (Å²) >= 11 is 6.83. The van der Waals surface area contributed by atoms with Crippen molar-refractivity contribution in [3.8, 4) is 0 Å². The van der Waals surface area contributed by atoms with Crippen LogP contribution in [0.3, 0.4) is 0 Å². The molecule has 0 spiro atoms. The lowest BCUT2D eigenvalue weighted by molar-refractivity contribution is 0.0989. The molecule has 0 fully saturated rings. The Balaban J connectivity index is 1.79. The number of carbonyl (C=O) groups excluding carboxylic acids is 2. The summed E-state index contributed by atoms with van der Waals surface area (Å²) in [5.41, 5.74) is 0.776. The third kappa shape index (κ3) is 4.94. The van der Waals surface area contributed by atoms with E-state index in [-0.39, 0.29) is 15.5 Å². The Kier molecular flexibility index (Phi) is 6.52. The summed E-state index contributed by atoms with van der Waals surface area (Å²) in [5, 5.41) is 5.82. The molecule has 0 atom stereocenters. The molecule has 33 heavy (non-hydrogen) atoms. The summed E-state index contributed by atoms with van der Waals surface area (Å²) < 4.78 is 14.3. The Morgan fingerprint density at radius 2 is 1.64 bits per heavy atom. The molecule has 2 aromatic heterocycles. The van der Waals surface area contributed by atoms with Gasteiger partial charge in [0.25, 0.3) is 17.4 Å². The number of hydrogen-bond acceptors (Lipinski definition) is 5. The number of aromatic nitrogens is 2. The van der Waals surface area contributed by atoms with E-state index in [0.717, 1.165) is 22.2 Å². The summed E-state index contributed by atoms with van der Waals surface area (Å²) in [5.74, 6) is -1.72. The Bertz CT molecular complexity index is 1400. The highest BCUT2D eigenvalue weighted by Gasteiger charge is 2.26. The number of thiazole rings is 1. The summed E-state index contributed by atoms with van der Waals surface area (Å²) in [7, 11) is 0. The number of fused-ring (bicyclic) bond motifs is 1. The molecule has 2 N–H and O–H groups in total. The summed E-state index contributed by atoms with van der Waals surface area (Å²) in [4.78, 5) is 43.9. The maximum Gasteiger partial charge on any atom is 0.274 e. The lowest BCUT2D eigenvalue weighted by Gasteiger charge is -2.08. The zero-order valence-corrected chi connectivity index (χ0v) is 19.0. The topological polar surface area (TPSA) is 92.6 Å². The number of nitrogens with zero attached hydrogens (tertiary/aromatic N) is 2. The van der Waals surface area contributed by atoms with Crippen molar-refractivity contribution >= 4 is 51.1 Å². The SMILES string of the molecule is CCCc1cc(=O)n2c(C(=O)Nc3ccc(Cl)cc3)c(C(=O)Nc3ccc(F)cc3)sc2n1. The van der Waals surface area contributed by atoms with Crippen molar-refractivity contribution in [2.45, 2.75) is 19.8 Å². The lowest BCUT2D eigenvalue weighted by atomic mass is 10.2. The molecule has 0 radical (unpaired) electrons. The third-order valence-electron chi connectivity index (χ3n) is 4.70. The van der Waals surface area contributed by atoms with Crippen molar-refractivity contribution in [1.29, 1.82) is 0 Å². The minimum Gasteiger partial charge on any atom is -0.321 e. The van der Waals surface area contributed by atoms with Gasteiger partial charge in [-0.25, -0.2) is 13.8 Å². The Hall–Kier alpha value is -3.56. The normalized spacial score (nSPS) is 10.9. The molecular formula is C23H18ClFN4O3S. The van der Waals surface area contributed by atoms with Gasteiger partial charge in [0.15, 0.2) is 4.96 Å². The van der Waals surface area contributed by atoms with E-state index < -0.39 is 23.2 Å². The average molecular weight is 485 g/mol. The fourth-order valence-electron chi connectivity index (χ4n) is 3.21. The van der Waals surface area contributed by atoms with Crippen LogP contribution in [0.2, 0.25) is 5.02 Å². The molecule has 168 valence electrons. The highest BCUT2D eigenvalue weighted by molar-refractivity contribution is 7.19. The first-order chi connectivity index (χ1) is 15.9. The maximum atomic E-state index is 13.2. The molecule has 0 aliphatic rings. The van der Waals surface area contributed by atoms with Gasteiger partial charge in [-0.2, -0.15) is 0 Å². The van der Waals surface area contributed by atoms with Gasteiger partial charge in [-0.3, -0.25) is 14.4 Å². The van der Waals surface area contributed by atoms with Crippen molar-refractivity contribution in [1.82, 2.24) is 9.38 Å². The molecule has 0 saturated heterocycles. The van der Waals surface area contributed by atoms with Crippen LogP contribution >= 0.6 is 22.9 Å². The second kappa shape index (κ2) is 9.51. The number of halogens is 2. The van der Waals surface area contributed by atoms with Crippen LogP contribution in [-0.4, -0.2) is 21.2 Å². The zero-order valence-electron chi connectivity index (χ0n) is 17.4. The third-order valence-corrected chi connectivity index (χ3v) is 6.00. The number of nitrogens with one attached hydrogen (secondary N) is 2. The van der Waals surface area contributed by atoms with Crippen molar-refractivity contribution in [3.05, 3.63) is 92.1 Å². The van der Waals surface area contributed by atoms with Crippen molar-refractivity contribution < 1.29 is 14.0 Å². The van der Waals surface area contributed by atoms with Gasteiger partial charge in [-0.05, 0) is 55.0 Å². The van der Waals surface area contributed by atoms with E-state index in [1.165, 1.54) is 30.3 Å². The first-order valence-corrected chi connectivity index (χ1v) is 11.2. The van der Waals surface area contributed by atoms with E-state index >= 15 is 0 Å². The highest BCUT2D eigenvalue weighted by Crippen LogP contribution is 2.24. The molecule has 2 heterocycles. The second-order valence-electron chi connectivity index (χ2n) is 7.16. The summed E-state index contributed by atoms with van der Waals surface area (Å²) in [6.07, 6.45) is 1.38. The Morgan fingerprint density at radius 3 is 2.27 bits per heavy atom. The standard InChI is InChI=1S/C23H18ClFN4O3S/c1-2-3-17-12-18(30)29-19(21(31)26-15-8-4-13(24)5-9-15)20(33-23(29)28-17)22(32)27-16-10-6-14(25)7-11-16/h4-12H,2-3H2,1H3,(H,26,31)(H,27,32). The van der Waals surface area contributed by atoms with Crippen molar-refractivity contribution in [2.24, 2.45) is 0 Å². The van der Waals surface area contributed by atoms with Crippen molar-refractivity contribution in [2.75, 3.05) is 10.6 Å². The molecule has 0 bridgehead atoms. The van der Waals surface area contributed by atoms with Crippen molar-refractivity contribution in [3.63, 3.8) is 0 Å². The lowest BCUT2D eigenvalue weighted by Crippen LogP contribution is -2.25.